The van der Waals surface area contributed by atoms with Crippen LogP contribution in [0.15, 0.2) is 54.7 Å². The topological polar surface area (TPSA) is 65.4 Å². The monoisotopic (exact) mass is 373 g/mol. The van der Waals surface area contributed by atoms with E-state index in [1.165, 1.54) is 25.3 Å². The fourth-order valence-corrected chi connectivity index (χ4v) is 2.56. The van der Waals surface area contributed by atoms with Crippen LogP contribution < -0.4 is 14.8 Å². The highest BCUT2D eigenvalue weighted by Gasteiger charge is 2.15. The molecule has 1 heterocycles. The second-order valence-corrected chi connectivity index (χ2v) is 5.63. The number of amides is 1. The predicted molar refractivity (Wildman–Crippen MR) is 95.9 cm³/mol. The number of rotatable bonds is 6. The Morgan fingerprint density at radius 3 is 2.63 bits per heavy atom. The first-order valence-electron chi connectivity index (χ1n) is 8.03. The Bertz CT molecular complexity index is 957. The van der Waals surface area contributed by atoms with E-state index in [2.05, 4.69) is 15.2 Å². The van der Waals surface area contributed by atoms with Gasteiger partial charge in [-0.1, -0.05) is 6.07 Å². The lowest BCUT2D eigenvalue weighted by Crippen LogP contribution is -2.13. The molecular weight excluding hydrogens is 356 g/mol. The third kappa shape index (κ3) is 4.22. The Morgan fingerprint density at radius 1 is 1.15 bits per heavy atom. The molecule has 3 rings (SSSR count). The van der Waals surface area contributed by atoms with E-state index >= 15 is 0 Å². The van der Waals surface area contributed by atoms with Crippen LogP contribution in [0.2, 0.25) is 0 Å². The molecule has 0 saturated carbocycles. The maximum absolute atomic E-state index is 12.5. The summed E-state index contributed by atoms with van der Waals surface area (Å²) in [6.07, 6.45) is 1.68. The average molecular weight is 373 g/mol. The smallest absolute Gasteiger partial charge is 0.387 e. The number of carbonyl (C=O) groups is 1. The zero-order valence-electron chi connectivity index (χ0n) is 14.6. The second kappa shape index (κ2) is 7.86. The number of anilines is 1. The first kappa shape index (κ1) is 18.4. The number of hydrogen-bond acceptors (Lipinski definition) is 4. The quantitative estimate of drug-likeness (QED) is 0.708. The van der Waals surface area contributed by atoms with Gasteiger partial charge in [0.15, 0.2) is 11.5 Å². The summed E-state index contributed by atoms with van der Waals surface area (Å²) in [7, 11) is 1.33. The molecule has 0 aliphatic carbocycles. The summed E-state index contributed by atoms with van der Waals surface area (Å²) < 4.78 is 36.2. The normalized spacial score (nSPS) is 10.7. The van der Waals surface area contributed by atoms with Crippen molar-refractivity contribution >= 4 is 11.6 Å². The van der Waals surface area contributed by atoms with Crippen molar-refractivity contribution in [2.45, 2.75) is 13.5 Å². The minimum Gasteiger partial charge on any atom is -0.493 e. The third-order valence-corrected chi connectivity index (χ3v) is 3.82. The molecule has 0 fully saturated rings. The van der Waals surface area contributed by atoms with Gasteiger partial charge in [0, 0.05) is 23.1 Å². The summed E-state index contributed by atoms with van der Waals surface area (Å²) in [6, 6.07) is 13.1. The number of carbonyl (C=O) groups excluding carboxylic acids is 1. The number of hydrogen-bond donors (Lipinski definition) is 1. The van der Waals surface area contributed by atoms with Gasteiger partial charge in [0.1, 0.15) is 0 Å². The van der Waals surface area contributed by atoms with E-state index in [9.17, 15) is 13.6 Å². The molecule has 140 valence electrons. The van der Waals surface area contributed by atoms with Crippen LogP contribution in [0.4, 0.5) is 14.5 Å². The van der Waals surface area contributed by atoms with Gasteiger partial charge in [0.25, 0.3) is 5.91 Å². The third-order valence-electron chi connectivity index (χ3n) is 3.82. The minimum atomic E-state index is -3.02. The van der Waals surface area contributed by atoms with Crippen molar-refractivity contribution in [3.8, 4) is 17.2 Å². The average Bonchev–Trinajstić information content (AvgIpc) is 3.07. The summed E-state index contributed by atoms with van der Waals surface area (Å²) in [6.45, 7) is -1.11. The summed E-state index contributed by atoms with van der Waals surface area (Å²) >= 11 is 0. The molecule has 6 nitrogen and oxygen atoms in total. The highest BCUT2D eigenvalue weighted by molar-refractivity contribution is 6.04. The van der Waals surface area contributed by atoms with Crippen LogP contribution in [0.5, 0.6) is 11.5 Å². The van der Waals surface area contributed by atoms with Crippen molar-refractivity contribution in [2.24, 2.45) is 0 Å². The Labute approximate surface area is 154 Å². The van der Waals surface area contributed by atoms with Crippen LogP contribution in [0.3, 0.4) is 0 Å². The highest BCUT2D eigenvalue weighted by Crippen LogP contribution is 2.30. The zero-order chi connectivity index (χ0) is 19.4. The van der Waals surface area contributed by atoms with E-state index in [1.54, 1.807) is 29.1 Å². The number of methoxy groups -OCH3 is 1. The van der Waals surface area contributed by atoms with Crippen LogP contribution in [0.25, 0.3) is 5.69 Å². The SMILES string of the molecule is COc1ccc(C(=O)Nc2cccc(-n3nccc3C)c2)cc1OC(F)F. The van der Waals surface area contributed by atoms with Crippen LogP contribution in [0, 0.1) is 6.92 Å². The van der Waals surface area contributed by atoms with E-state index in [-0.39, 0.29) is 17.1 Å². The van der Waals surface area contributed by atoms with Gasteiger partial charge < -0.3 is 14.8 Å². The molecule has 1 amide bonds. The van der Waals surface area contributed by atoms with Crippen LogP contribution in [0.1, 0.15) is 16.1 Å². The van der Waals surface area contributed by atoms with Gasteiger partial charge in [-0.15, -0.1) is 0 Å². The molecule has 1 aromatic heterocycles. The molecule has 0 unspecified atom stereocenters. The van der Waals surface area contributed by atoms with Crippen molar-refractivity contribution in [1.29, 1.82) is 0 Å². The number of halogens is 2. The lowest BCUT2D eigenvalue weighted by atomic mass is 10.1. The molecule has 0 atom stereocenters. The maximum atomic E-state index is 12.5. The van der Waals surface area contributed by atoms with Crippen molar-refractivity contribution in [3.05, 3.63) is 66.0 Å². The van der Waals surface area contributed by atoms with E-state index in [0.29, 0.717) is 5.69 Å². The molecule has 0 bridgehead atoms. The highest BCUT2D eigenvalue weighted by atomic mass is 19.3. The van der Waals surface area contributed by atoms with Crippen LogP contribution in [-0.4, -0.2) is 29.4 Å². The number of nitrogens with one attached hydrogen (secondary N) is 1. The summed E-state index contributed by atoms with van der Waals surface area (Å²) in [4.78, 5) is 12.5. The van der Waals surface area contributed by atoms with Crippen molar-refractivity contribution in [3.63, 3.8) is 0 Å². The standard InChI is InChI=1S/C19H17F2N3O3/c1-12-8-9-22-24(12)15-5-3-4-14(11-15)23-18(25)13-6-7-16(26-2)17(10-13)27-19(20)21/h3-11,19H,1-2H3,(H,23,25). The summed E-state index contributed by atoms with van der Waals surface area (Å²) in [5.74, 6) is -0.560. The Morgan fingerprint density at radius 2 is 1.96 bits per heavy atom. The lowest BCUT2D eigenvalue weighted by Gasteiger charge is -2.12. The molecule has 0 spiro atoms. The number of nitrogens with zero attached hydrogens (tertiary/aromatic N) is 2. The number of benzene rings is 2. The predicted octanol–water partition coefficient (Wildman–Crippen LogP) is 4.04. The minimum absolute atomic E-state index is 0.114. The van der Waals surface area contributed by atoms with Crippen molar-refractivity contribution < 1.29 is 23.0 Å². The molecule has 27 heavy (non-hydrogen) atoms. The van der Waals surface area contributed by atoms with Crippen molar-refractivity contribution in [1.82, 2.24) is 9.78 Å². The second-order valence-electron chi connectivity index (χ2n) is 5.63. The van der Waals surface area contributed by atoms with E-state index in [4.69, 9.17) is 4.74 Å². The fraction of sp³-hybridized carbons (Fsp3) is 0.158. The first-order chi connectivity index (χ1) is 13.0. The van der Waals surface area contributed by atoms with Gasteiger partial charge in [0.05, 0.1) is 12.8 Å². The van der Waals surface area contributed by atoms with E-state index in [0.717, 1.165) is 11.4 Å². The summed E-state index contributed by atoms with van der Waals surface area (Å²) in [5, 5.41) is 6.96. The first-order valence-corrected chi connectivity index (χ1v) is 8.03. The number of aromatic nitrogens is 2. The van der Waals surface area contributed by atoms with Crippen LogP contribution in [-0.2, 0) is 0 Å². The van der Waals surface area contributed by atoms with Crippen molar-refractivity contribution in [2.75, 3.05) is 12.4 Å². The lowest BCUT2D eigenvalue weighted by molar-refractivity contribution is -0.0512. The number of ether oxygens (including phenoxy) is 2. The molecular formula is C19H17F2N3O3. The molecule has 0 radical (unpaired) electrons. The molecule has 1 N–H and O–H groups in total. The van der Waals surface area contributed by atoms with E-state index in [1.807, 2.05) is 19.1 Å². The fourth-order valence-electron chi connectivity index (χ4n) is 2.56. The molecule has 0 aliphatic rings. The Balaban J connectivity index is 1.82. The maximum Gasteiger partial charge on any atom is 0.387 e. The van der Waals surface area contributed by atoms with E-state index < -0.39 is 12.5 Å². The Hall–Kier alpha value is -3.42. The molecule has 8 heteroatoms. The summed E-state index contributed by atoms with van der Waals surface area (Å²) in [5.41, 5.74) is 2.43. The van der Waals surface area contributed by atoms with Gasteiger partial charge in [-0.25, -0.2) is 4.68 Å². The molecule has 0 saturated heterocycles. The van der Waals surface area contributed by atoms with Gasteiger partial charge in [-0.05, 0) is 49.4 Å². The van der Waals surface area contributed by atoms with Gasteiger partial charge >= 0.3 is 6.61 Å². The largest absolute Gasteiger partial charge is 0.493 e. The zero-order valence-corrected chi connectivity index (χ0v) is 14.6. The molecule has 3 aromatic rings. The van der Waals surface area contributed by atoms with Gasteiger partial charge in [0.2, 0.25) is 0 Å². The Kier molecular flexibility index (Phi) is 5.35. The van der Waals surface area contributed by atoms with Gasteiger partial charge in [-0.3, -0.25) is 4.79 Å². The number of alkyl halides is 2. The van der Waals surface area contributed by atoms with Gasteiger partial charge in [-0.2, -0.15) is 13.9 Å². The number of aryl methyl sites for hydroxylation is 1. The van der Waals surface area contributed by atoms with Crippen LogP contribution >= 0.6 is 0 Å². The molecule has 2 aromatic carbocycles. The molecule has 0 aliphatic heterocycles.